The van der Waals surface area contributed by atoms with Gasteiger partial charge in [0.15, 0.2) is 0 Å². The van der Waals surface area contributed by atoms with Gasteiger partial charge >= 0.3 is 0 Å². The molecule has 0 N–H and O–H groups in total. The molecule has 0 atom stereocenters. The summed E-state index contributed by atoms with van der Waals surface area (Å²) in [5, 5.41) is 0. The third-order valence-electron chi connectivity index (χ3n) is 6.79. The fourth-order valence-corrected chi connectivity index (χ4v) is 5.02. The number of carbonyl (C=O) groups excluding carboxylic acids is 1. The number of nitrogens with zero attached hydrogens (tertiary/aromatic N) is 3. The molecule has 35 heavy (non-hydrogen) atoms. The molecule has 0 spiro atoms. The Labute approximate surface area is 204 Å². The Morgan fingerprint density at radius 2 is 1.51 bits per heavy atom. The molecule has 1 aliphatic carbocycles. The Morgan fingerprint density at radius 1 is 0.914 bits per heavy atom. The number of hydrogen-bond donors (Lipinski definition) is 0. The van der Waals surface area contributed by atoms with Crippen LogP contribution in [0.5, 0.6) is 5.75 Å². The molecule has 1 fully saturated rings. The summed E-state index contributed by atoms with van der Waals surface area (Å²) in [5.41, 5.74) is 4.01. The molecule has 0 unspecified atom stereocenters. The van der Waals surface area contributed by atoms with Gasteiger partial charge in [0.25, 0.3) is 5.91 Å². The molecular weight excluding hydrogens is 448 g/mol. The van der Waals surface area contributed by atoms with Crippen molar-refractivity contribution in [2.75, 3.05) is 53.4 Å². The summed E-state index contributed by atoms with van der Waals surface area (Å²) in [6.45, 7) is 3.72. The molecule has 3 aromatic carbocycles. The average molecular weight is 478 g/mol. The summed E-state index contributed by atoms with van der Waals surface area (Å²) >= 11 is 0. The highest BCUT2D eigenvalue weighted by Gasteiger charge is 2.36. The van der Waals surface area contributed by atoms with Crippen molar-refractivity contribution in [1.82, 2.24) is 14.7 Å². The Kier molecular flexibility index (Phi) is 6.54. The Hall–Kier alpha value is -3.29. The quantitative estimate of drug-likeness (QED) is 0.526. The van der Waals surface area contributed by atoms with Crippen molar-refractivity contribution in [3.05, 3.63) is 89.0 Å². The molecule has 7 heteroatoms. The highest BCUT2D eigenvalue weighted by molar-refractivity contribution is 5.97. The van der Waals surface area contributed by atoms with Crippen molar-refractivity contribution < 1.29 is 18.3 Å². The van der Waals surface area contributed by atoms with Gasteiger partial charge in [0.05, 0.1) is 11.6 Å². The van der Waals surface area contributed by atoms with Gasteiger partial charge < -0.3 is 14.5 Å². The van der Waals surface area contributed by atoms with E-state index in [1.54, 1.807) is 12.1 Å². The zero-order chi connectivity index (χ0) is 24.5. The van der Waals surface area contributed by atoms with Crippen molar-refractivity contribution in [1.29, 1.82) is 0 Å². The van der Waals surface area contributed by atoms with Crippen molar-refractivity contribution in [3.63, 3.8) is 0 Å². The third-order valence-corrected chi connectivity index (χ3v) is 6.79. The first-order valence-corrected chi connectivity index (χ1v) is 11.9. The molecule has 182 valence electrons. The maximum atomic E-state index is 14.0. The number of para-hydroxylation sites is 1. The Bertz CT molecular complexity index is 1190. The molecule has 5 rings (SSSR count). The van der Waals surface area contributed by atoms with E-state index < -0.39 is 0 Å². The minimum Gasteiger partial charge on any atom is -0.491 e. The lowest BCUT2D eigenvalue weighted by Crippen LogP contribution is -2.49. The second kappa shape index (κ2) is 9.76. The molecule has 0 aromatic heterocycles. The van der Waals surface area contributed by atoms with Crippen molar-refractivity contribution >= 4 is 5.91 Å². The number of amides is 1. The van der Waals surface area contributed by atoms with Gasteiger partial charge in [-0.2, -0.15) is 0 Å². The van der Waals surface area contributed by atoms with E-state index in [9.17, 15) is 13.6 Å². The largest absolute Gasteiger partial charge is 0.491 e. The third kappa shape index (κ3) is 4.66. The first-order chi connectivity index (χ1) is 16.9. The normalized spacial score (nSPS) is 15.9. The van der Waals surface area contributed by atoms with Crippen LogP contribution in [-0.2, 0) is 0 Å². The number of benzene rings is 3. The van der Waals surface area contributed by atoms with Crippen LogP contribution in [0, 0.1) is 11.6 Å². The first kappa shape index (κ1) is 23.5. The van der Waals surface area contributed by atoms with Gasteiger partial charge in [0, 0.05) is 32.7 Å². The lowest BCUT2D eigenvalue weighted by Gasteiger charge is -2.39. The fourth-order valence-electron chi connectivity index (χ4n) is 5.02. The van der Waals surface area contributed by atoms with E-state index in [-0.39, 0.29) is 23.6 Å². The fraction of sp³-hybridized carbons (Fsp3) is 0.321. The van der Waals surface area contributed by atoms with Gasteiger partial charge in [-0.15, -0.1) is 0 Å². The summed E-state index contributed by atoms with van der Waals surface area (Å²) < 4.78 is 33.9. The zero-order valence-electron chi connectivity index (χ0n) is 20.0. The topological polar surface area (TPSA) is 36.0 Å². The maximum absolute atomic E-state index is 14.0. The van der Waals surface area contributed by atoms with Crippen LogP contribution >= 0.6 is 0 Å². The summed E-state index contributed by atoms with van der Waals surface area (Å²) in [4.78, 5) is 19.5. The van der Waals surface area contributed by atoms with Crippen LogP contribution in [0.2, 0.25) is 0 Å². The molecule has 5 nitrogen and oxygen atoms in total. The van der Waals surface area contributed by atoms with E-state index in [1.165, 1.54) is 24.3 Å². The number of likely N-dealkylation sites (N-methyl/N-ethyl adjacent to an activating group) is 1. The minimum atomic E-state index is -0.332. The standard InChI is InChI=1S/C28H29F2N3O2/c1-31(2)15-16-35-26-6-4-3-5-23(26)28(34)33-13-11-32(12-14-33)27-21-9-7-19(29)17-24(21)25-18-20(30)8-10-22(25)27/h3-10,17-18,27H,11-16H2,1-2H3. The number of carbonyl (C=O) groups is 1. The Morgan fingerprint density at radius 3 is 2.11 bits per heavy atom. The van der Waals surface area contributed by atoms with Crippen molar-refractivity contribution in [2.45, 2.75) is 6.04 Å². The molecular formula is C28H29F2N3O2. The van der Waals surface area contributed by atoms with Crippen LogP contribution in [0.25, 0.3) is 11.1 Å². The highest BCUT2D eigenvalue weighted by Crippen LogP contribution is 2.47. The first-order valence-electron chi connectivity index (χ1n) is 11.9. The highest BCUT2D eigenvalue weighted by atomic mass is 19.1. The van der Waals surface area contributed by atoms with Gasteiger partial charge in [-0.05, 0) is 72.7 Å². The van der Waals surface area contributed by atoms with Gasteiger partial charge in [-0.1, -0.05) is 24.3 Å². The summed E-state index contributed by atoms with van der Waals surface area (Å²) in [6, 6.07) is 16.8. The Balaban J connectivity index is 1.32. The van der Waals surface area contributed by atoms with E-state index in [4.69, 9.17) is 4.74 Å². The molecule has 0 bridgehead atoms. The predicted molar refractivity (Wildman–Crippen MR) is 132 cm³/mol. The van der Waals surface area contributed by atoms with E-state index in [1.807, 2.05) is 48.2 Å². The van der Waals surface area contributed by atoms with Crippen LogP contribution in [-0.4, -0.2) is 74.0 Å². The molecule has 2 aliphatic rings. The average Bonchev–Trinajstić information content (AvgIpc) is 3.16. The zero-order valence-corrected chi connectivity index (χ0v) is 20.0. The van der Waals surface area contributed by atoms with Crippen LogP contribution in [0.15, 0.2) is 60.7 Å². The maximum Gasteiger partial charge on any atom is 0.257 e. The number of piperazine rings is 1. The lowest BCUT2D eigenvalue weighted by molar-refractivity contribution is 0.0595. The lowest BCUT2D eigenvalue weighted by atomic mass is 10.0. The molecule has 0 radical (unpaired) electrons. The van der Waals surface area contributed by atoms with Gasteiger partial charge in [0.1, 0.15) is 24.0 Å². The van der Waals surface area contributed by atoms with Gasteiger partial charge in [-0.25, -0.2) is 8.78 Å². The molecule has 1 amide bonds. The number of hydrogen-bond acceptors (Lipinski definition) is 4. The number of halogens is 2. The second-order valence-corrected chi connectivity index (χ2v) is 9.34. The molecule has 0 saturated carbocycles. The van der Waals surface area contributed by atoms with Crippen LogP contribution in [0.1, 0.15) is 27.5 Å². The van der Waals surface area contributed by atoms with E-state index in [0.29, 0.717) is 44.1 Å². The monoisotopic (exact) mass is 477 g/mol. The van der Waals surface area contributed by atoms with Crippen molar-refractivity contribution in [3.8, 4) is 16.9 Å². The van der Waals surface area contributed by atoms with Crippen LogP contribution in [0.3, 0.4) is 0 Å². The van der Waals surface area contributed by atoms with E-state index in [0.717, 1.165) is 28.8 Å². The smallest absolute Gasteiger partial charge is 0.257 e. The number of ether oxygens (including phenoxy) is 1. The van der Waals surface area contributed by atoms with Gasteiger partial charge in [-0.3, -0.25) is 9.69 Å². The molecule has 3 aromatic rings. The molecule has 1 aliphatic heterocycles. The summed E-state index contributed by atoms with van der Waals surface area (Å²) in [7, 11) is 3.96. The number of rotatable bonds is 6. The SMILES string of the molecule is CN(C)CCOc1ccccc1C(=O)N1CCN(C2c3ccc(F)cc3-c3cc(F)ccc32)CC1. The van der Waals surface area contributed by atoms with E-state index >= 15 is 0 Å². The van der Waals surface area contributed by atoms with Crippen LogP contribution in [0.4, 0.5) is 8.78 Å². The van der Waals surface area contributed by atoms with E-state index in [2.05, 4.69) is 4.90 Å². The predicted octanol–water partition coefficient (Wildman–Crippen LogP) is 4.43. The molecule has 1 saturated heterocycles. The summed E-state index contributed by atoms with van der Waals surface area (Å²) in [5.74, 6) is -0.103. The number of fused-ring (bicyclic) bond motifs is 3. The minimum absolute atomic E-state index is 0.0403. The molecule has 1 heterocycles. The van der Waals surface area contributed by atoms with Crippen molar-refractivity contribution in [2.24, 2.45) is 0 Å². The summed E-state index contributed by atoms with van der Waals surface area (Å²) in [6.07, 6.45) is 0. The van der Waals surface area contributed by atoms with Crippen LogP contribution < -0.4 is 4.74 Å². The van der Waals surface area contributed by atoms with Gasteiger partial charge in [0.2, 0.25) is 0 Å². The second-order valence-electron chi connectivity index (χ2n) is 9.34.